The van der Waals surface area contributed by atoms with E-state index in [0.717, 1.165) is 13.0 Å². The number of nitrogens with zero attached hydrogens (tertiary/aromatic N) is 1. The van der Waals surface area contributed by atoms with E-state index < -0.39 is 12.0 Å². The maximum atomic E-state index is 11.2. The molecule has 1 rings (SSSR count). The zero-order valence-electron chi connectivity index (χ0n) is 11.3. The maximum absolute atomic E-state index is 11.2. The number of carbonyl (C=O) groups is 1. The van der Waals surface area contributed by atoms with Crippen LogP contribution in [0.5, 0.6) is 0 Å². The van der Waals surface area contributed by atoms with E-state index in [0.29, 0.717) is 18.6 Å². The van der Waals surface area contributed by atoms with Gasteiger partial charge in [0.05, 0.1) is 0 Å². The van der Waals surface area contributed by atoms with Crippen LogP contribution in [0.2, 0.25) is 0 Å². The largest absolute Gasteiger partial charge is 0.480 e. The third kappa shape index (κ3) is 4.28. The Labute approximate surface area is 104 Å². The molecule has 1 aliphatic rings. The van der Waals surface area contributed by atoms with Gasteiger partial charge in [-0.05, 0) is 39.7 Å². The van der Waals surface area contributed by atoms with E-state index in [1.807, 2.05) is 0 Å². The van der Waals surface area contributed by atoms with Gasteiger partial charge in [0.15, 0.2) is 0 Å². The Morgan fingerprint density at radius 2 is 2.00 bits per heavy atom. The summed E-state index contributed by atoms with van der Waals surface area (Å²) >= 11 is 0. The summed E-state index contributed by atoms with van der Waals surface area (Å²) in [5.74, 6) is -0.733. The minimum absolute atomic E-state index is 0.432. The van der Waals surface area contributed by atoms with Crippen molar-refractivity contribution in [2.45, 2.75) is 64.6 Å². The van der Waals surface area contributed by atoms with Crippen LogP contribution < -0.4 is 5.32 Å². The first kappa shape index (κ1) is 14.5. The van der Waals surface area contributed by atoms with Crippen LogP contribution in [0.15, 0.2) is 0 Å². The average Bonchev–Trinajstić information content (AvgIpc) is 2.27. The van der Waals surface area contributed by atoms with Crippen LogP contribution in [-0.2, 0) is 4.79 Å². The van der Waals surface area contributed by atoms with E-state index in [-0.39, 0.29) is 0 Å². The number of nitrogens with one attached hydrogen (secondary N) is 1. The Hall–Kier alpha value is -0.610. The van der Waals surface area contributed by atoms with Gasteiger partial charge in [-0.15, -0.1) is 0 Å². The lowest BCUT2D eigenvalue weighted by Crippen LogP contribution is -2.53. The van der Waals surface area contributed by atoms with Crippen molar-refractivity contribution in [3.63, 3.8) is 0 Å². The first-order valence-electron chi connectivity index (χ1n) is 6.78. The maximum Gasteiger partial charge on any atom is 0.322 e. The highest BCUT2D eigenvalue weighted by molar-refractivity contribution is 5.73. The fourth-order valence-corrected chi connectivity index (χ4v) is 2.59. The fourth-order valence-electron chi connectivity index (χ4n) is 2.59. The molecule has 4 heteroatoms. The second kappa shape index (κ2) is 6.97. The topological polar surface area (TPSA) is 52.6 Å². The summed E-state index contributed by atoms with van der Waals surface area (Å²) in [5, 5.41) is 12.3. The zero-order valence-corrected chi connectivity index (χ0v) is 11.3. The quantitative estimate of drug-likeness (QED) is 0.744. The highest BCUT2D eigenvalue weighted by atomic mass is 16.4. The number of hydrogen-bond acceptors (Lipinski definition) is 3. The molecule has 0 amide bonds. The summed E-state index contributed by atoms with van der Waals surface area (Å²) in [7, 11) is 0. The summed E-state index contributed by atoms with van der Waals surface area (Å²) in [6, 6.07) is 0.575. The van der Waals surface area contributed by atoms with E-state index >= 15 is 0 Å². The molecule has 0 aromatic carbocycles. The van der Waals surface area contributed by atoms with Crippen molar-refractivity contribution < 1.29 is 9.90 Å². The van der Waals surface area contributed by atoms with Gasteiger partial charge in [-0.25, -0.2) is 0 Å². The van der Waals surface area contributed by atoms with Crippen LogP contribution in [0.4, 0.5) is 0 Å². The summed E-state index contributed by atoms with van der Waals surface area (Å²) in [4.78, 5) is 13.5. The van der Waals surface area contributed by atoms with Gasteiger partial charge in [-0.1, -0.05) is 13.3 Å². The lowest BCUT2D eigenvalue weighted by Gasteiger charge is -2.40. The smallest absolute Gasteiger partial charge is 0.322 e. The van der Waals surface area contributed by atoms with Crippen molar-refractivity contribution in [1.29, 1.82) is 0 Å². The molecule has 0 spiro atoms. The van der Waals surface area contributed by atoms with Gasteiger partial charge in [0.2, 0.25) is 0 Å². The molecule has 1 saturated heterocycles. The van der Waals surface area contributed by atoms with Gasteiger partial charge in [0, 0.05) is 18.6 Å². The Morgan fingerprint density at radius 1 is 1.41 bits per heavy atom. The molecule has 0 aromatic rings. The predicted molar refractivity (Wildman–Crippen MR) is 69.2 cm³/mol. The third-order valence-electron chi connectivity index (χ3n) is 3.71. The summed E-state index contributed by atoms with van der Waals surface area (Å²) in [6.45, 7) is 7.85. The van der Waals surface area contributed by atoms with Crippen molar-refractivity contribution in [3.05, 3.63) is 0 Å². The molecule has 2 N–H and O–H groups in total. The van der Waals surface area contributed by atoms with Gasteiger partial charge in [-0.2, -0.15) is 0 Å². The van der Waals surface area contributed by atoms with Gasteiger partial charge in [0.1, 0.15) is 6.04 Å². The van der Waals surface area contributed by atoms with Crippen molar-refractivity contribution in [3.8, 4) is 0 Å². The molecule has 100 valence electrons. The van der Waals surface area contributed by atoms with E-state index in [2.05, 4.69) is 31.0 Å². The highest BCUT2D eigenvalue weighted by Crippen LogP contribution is 2.22. The molecule has 17 heavy (non-hydrogen) atoms. The molecule has 0 aromatic heterocycles. The van der Waals surface area contributed by atoms with Crippen LogP contribution in [0.3, 0.4) is 0 Å². The Balaban J connectivity index is 2.54. The lowest BCUT2D eigenvalue weighted by molar-refractivity contribution is -0.140. The molecule has 0 aliphatic carbocycles. The van der Waals surface area contributed by atoms with Crippen LogP contribution in [0, 0.1) is 0 Å². The minimum Gasteiger partial charge on any atom is -0.480 e. The molecular formula is C13H26N2O2. The Kier molecular flexibility index (Phi) is 5.92. The van der Waals surface area contributed by atoms with E-state index in [1.54, 1.807) is 0 Å². The lowest BCUT2D eigenvalue weighted by atomic mass is 9.97. The van der Waals surface area contributed by atoms with Gasteiger partial charge < -0.3 is 10.4 Å². The number of carboxylic acid groups (broad SMARTS) is 1. The summed E-state index contributed by atoms with van der Waals surface area (Å²) in [6.07, 6.45) is 4.60. The summed E-state index contributed by atoms with van der Waals surface area (Å²) in [5.41, 5.74) is 0. The van der Waals surface area contributed by atoms with Crippen LogP contribution in [0.1, 0.15) is 46.5 Å². The van der Waals surface area contributed by atoms with Crippen molar-refractivity contribution in [2.24, 2.45) is 0 Å². The molecule has 0 radical (unpaired) electrons. The number of piperidine rings is 1. The standard InChI is InChI=1S/C13H26N2O2/c1-4-8-14-12(13(16)17)9-15-10(2)6-5-7-11(15)3/h10-12,14H,4-9H2,1-3H3,(H,16,17)/t10-,11+,12?. The van der Waals surface area contributed by atoms with Crippen molar-refractivity contribution >= 4 is 5.97 Å². The first-order valence-corrected chi connectivity index (χ1v) is 6.78. The normalized spacial score (nSPS) is 27.9. The number of aliphatic carboxylic acids is 1. The second-order valence-electron chi connectivity index (χ2n) is 5.17. The SMILES string of the molecule is CCCNC(CN1[C@H](C)CCC[C@@H]1C)C(=O)O. The molecule has 1 unspecified atom stereocenters. The van der Waals surface area contributed by atoms with Gasteiger partial charge in [-0.3, -0.25) is 9.69 Å². The van der Waals surface area contributed by atoms with Crippen LogP contribution >= 0.6 is 0 Å². The monoisotopic (exact) mass is 242 g/mol. The predicted octanol–water partition coefficient (Wildman–Crippen LogP) is 1.70. The van der Waals surface area contributed by atoms with Crippen molar-refractivity contribution in [1.82, 2.24) is 10.2 Å². The Bertz CT molecular complexity index is 236. The molecule has 1 fully saturated rings. The van der Waals surface area contributed by atoms with Gasteiger partial charge >= 0.3 is 5.97 Å². The number of likely N-dealkylation sites (tertiary alicyclic amines) is 1. The highest BCUT2D eigenvalue weighted by Gasteiger charge is 2.29. The van der Waals surface area contributed by atoms with Crippen LogP contribution in [-0.4, -0.2) is 47.2 Å². The van der Waals surface area contributed by atoms with Crippen molar-refractivity contribution in [2.75, 3.05) is 13.1 Å². The second-order valence-corrected chi connectivity index (χ2v) is 5.17. The fraction of sp³-hybridized carbons (Fsp3) is 0.923. The molecule has 1 aliphatic heterocycles. The molecule has 1 heterocycles. The Morgan fingerprint density at radius 3 is 2.47 bits per heavy atom. The minimum atomic E-state index is -0.733. The molecule has 0 bridgehead atoms. The molecule has 0 saturated carbocycles. The van der Waals surface area contributed by atoms with E-state index in [1.165, 1.54) is 19.3 Å². The van der Waals surface area contributed by atoms with Crippen LogP contribution in [0.25, 0.3) is 0 Å². The zero-order chi connectivity index (χ0) is 12.8. The molecular weight excluding hydrogens is 216 g/mol. The summed E-state index contributed by atoms with van der Waals surface area (Å²) < 4.78 is 0. The number of carboxylic acids is 1. The first-order chi connectivity index (χ1) is 8.06. The average molecular weight is 242 g/mol. The number of rotatable bonds is 6. The van der Waals surface area contributed by atoms with E-state index in [9.17, 15) is 9.90 Å². The van der Waals surface area contributed by atoms with Gasteiger partial charge in [0.25, 0.3) is 0 Å². The number of hydrogen-bond donors (Lipinski definition) is 2. The van der Waals surface area contributed by atoms with E-state index in [4.69, 9.17) is 0 Å². The molecule has 4 nitrogen and oxygen atoms in total. The molecule has 3 atom stereocenters. The third-order valence-corrected chi connectivity index (χ3v) is 3.71.